The van der Waals surface area contributed by atoms with E-state index in [2.05, 4.69) is 26.2 Å². The Kier molecular flexibility index (Phi) is 5.11. The van der Waals surface area contributed by atoms with Crippen LogP contribution in [0, 0.1) is 0 Å². The molecule has 0 aliphatic rings. The number of hydrogen-bond acceptors (Lipinski definition) is 3. The van der Waals surface area contributed by atoms with Crippen molar-refractivity contribution in [3.63, 3.8) is 0 Å². The minimum absolute atomic E-state index is 0.127. The zero-order chi connectivity index (χ0) is 11.3. The molecule has 1 atom stereocenters. The lowest BCUT2D eigenvalue weighted by atomic mass is 10.3. The number of pyridine rings is 1. The van der Waals surface area contributed by atoms with E-state index in [0.717, 1.165) is 5.75 Å². The molecule has 82 valence electrons. The van der Waals surface area contributed by atoms with Gasteiger partial charge in [-0.1, -0.05) is 6.07 Å². The number of aromatic nitrogens is 1. The number of rotatable bonds is 4. The highest BCUT2D eigenvalue weighted by Gasteiger charge is 2.10. The van der Waals surface area contributed by atoms with Crippen LogP contribution in [0.1, 0.15) is 17.4 Å². The number of carbonyl (C=O) groups is 1. The van der Waals surface area contributed by atoms with E-state index >= 15 is 0 Å². The fraction of sp³-hybridized carbons (Fsp3) is 0.400. The van der Waals surface area contributed by atoms with Crippen molar-refractivity contribution in [3.8, 4) is 0 Å². The van der Waals surface area contributed by atoms with Crippen LogP contribution in [0.5, 0.6) is 0 Å². The smallest absolute Gasteiger partial charge is 0.270 e. The summed E-state index contributed by atoms with van der Waals surface area (Å²) in [6, 6.07) is 5.45. The molecular formula is C10H13BrN2OS. The summed E-state index contributed by atoms with van der Waals surface area (Å²) in [7, 11) is 0. The predicted octanol–water partition coefficient (Wildman–Crippen LogP) is 2.33. The molecule has 1 N–H and O–H groups in total. The zero-order valence-electron chi connectivity index (χ0n) is 8.66. The molecule has 1 rings (SSSR count). The van der Waals surface area contributed by atoms with Gasteiger partial charge in [0.25, 0.3) is 5.91 Å². The van der Waals surface area contributed by atoms with Gasteiger partial charge in [-0.2, -0.15) is 11.8 Å². The lowest BCUT2D eigenvalue weighted by Gasteiger charge is -2.11. The summed E-state index contributed by atoms with van der Waals surface area (Å²) in [6.45, 7) is 1.98. The van der Waals surface area contributed by atoms with Gasteiger partial charge in [0.1, 0.15) is 10.3 Å². The van der Waals surface area contributed by atoms with Gasteiger partial charge >= 0.3 is 0 Å². The second-order valence-electron chi connectivity index (χ2n) is 3.18. The van der Waals surface area contributed by atoms with Gasteiger partial charge in [0.15, 0.2) is 0 Å². The lowest BCUT2D eigenvalue weighted by molar-refractivity contribution is 0.0938. The molecular weight excluding hydrogens is 276 g/mol. The van der Waals surface area contributed by atoms with Crippen molar-refractivity contribution in [3.05, 3.63) is 28.5 Å². The average Bonchev–Trinajstić information content (AvgIpc) is 2.18. The lowest BCUT2D eigenvalue weighted by Crippen LogP contribution is -2.34. The van der Waals surface area contributed by atoms with Crippen LogP contribution in [0.3, 0.4) is 0 Å². The minimum atomic E-state index is -0.127. The van der Waals surface area contributed by atoms with Crippen LogP contribution in [-0.2, 0) is 0 Å². The van der Waals surface area contributed by atoms with Gasteiger partial charge in [0, 0.05) is 11.8 Å². The second-order valence-corrected chi connectivity index (χ2v) is 4.90. The number of nitrogens with zero attached hydrogens (tertiary/aromatic N) is 1. The Morgan fingerprint density at radius 3 is 3.00 bits per heavy atom. The van der Waals surface area contributed by atoms with Crippen LogP contribution in [0.4, 0.5) is 0 Å². The minimum Gasteiger partial charge on any atom is -0.347 e. The van der Waals surface area contributed by atoms with E-state index in [1.807, 2.05) is 13.2 Å². The number of thioether (sulfide) groups is 1. The van der Waals surface area contributed by atoms with Crippen molar-refractivity contribution >= 4 is 33.6 Å². The third-order valence-electron chi connectivity index (χ3n) is 1.74. The van der Waals surface area contributed by atoms with Crippen LogP contribution < -0.4 is 5.32 Å². The first kappa shape index (κ1) is 12.5. The molecule has 0 aliphatic heterocycles. The maximum absolute atomic E-state index is 11.7. The van der Waals surface area contributed by atoms with Crippen LogP contribution in [0.15, 0.2) is 22.8 Å². The predicted molar refractivity (Wildman–Crippen MR) is 67.2 cm³/mol. The largest absolute Gasteiger partial charge is 0.347 e. The molecule has 0 aromatic carbocycles. The third-order valence-corrected chi connectivity index (χ3v) is 3.02. The first-order valence-electron chi connectivity index (χ1n) is 4.56. The highest BCUT2D eigenvalue weighted by Crippen LogP contribution is 2.06. The van der Waals surface area contributed by atoms with Gasteiger partial charge in [-0.25, -0.2) is 4.98 Å². The summed E-state index contributed by atoms with van der Waals surface area (Å²) in [5.74, 6) is 0.776. The molecule has 0 saturated carbocycles. The summed E-state index contributed by atoms with van der Waals surface area (Å²) in [4.78, 5) is 15.8. The Hall–Kier alpha value is -0.550. The number of amides is 1. The Balaban J connectivity index is 2.61. The van der Waals surface area contributed by atoms with Crippen LogP contribution in [0.25, 0.3) is 0 Å². The molecule has 1 aromatic heterocycles. The molecule has 0 fully saturated rings. The topological polar surface area (TPSA) is 42.0 Å². The van der Waals surface area contributed by atoms with Gasteiger partial charge in [0.2, 0.25) is 0 Å². The van der Waals surface area contributed by atoms with E-state index in [1.165, 1.54) is 0 Å². The standard InChI is InChI=1S/C10H13BrN2OS/c1-7(6-15-2)12-10(14)8-4-3-5-9(11)13-8/h3-5,7H,6H2,1-2H3,(H,12,14). The second kappa shape index (κ2) is 6.12. The quantitative estimate of drug-likeness (QED) is 0.865. The molecule has 3 nitrogen and oxygen atoms in total. The summed E-state index contributed by atoms with van der Waals surface area (Å²) in [5, 5.41) is 2.88. The Morgan fingerprint density at radius 2 is 2.40 bits per heavy atom. The van der Waals surface area contributed by atoms with E-state index in [4.69, 9.17) is 0 Å². The highest BCUT2D eigenvalue weighted by atomic mass is 79.9. The van der Waals surface area contributed by atoms with Crippen molar-refractivity contribution in [2.24, 2.45) is 0 Å². The number of hydrogen-bond donors (Lipinski definition) is 1. The maximum Gasteiger partial charge on any atom is 0.270 e. The molecule has 15 heavy (non-hydrogen) atoms. The molecule has 0 radical (unpaired) electrons. The molecule has 0 spiro atoms. The van der Waals surface area contributed by atoms with Gasteiger partial charge in [-0.05, 0) is 41.2 Å². The summed E-state index contributed by atoms with van der Waals surface area (Å²) < 4.78 is 0.674. The Morgan fingerprint density at radius 1 is 1.67 bits per heavy atom. The number of halogens is 1. The van der Waals surface area contributed by atoms with Gasteiger partial charge in [-0.15, -0.1) is 0 Å². The van der Waals surface area contributed by atoms with E-state index < -0.39 is 0 Å². The van der Waals surface area contributed by atoms with E-state index in [-0.39, 0.29) is 11.9 Å². The fourth-order valence-electron chi connectivity index (χ4n) is 1.12. The first-order valence-corrected chi connectivity index (χ1v) is 6.74. The van der Waals surface area contributed by atoms with Gasteiger partial charge in [-0.3, -0.25) is 4.79 Å². The molecule has 1 unspecified atom stereocenters. The summed E-state index contributed by atoms with van der Waals surface area (Å²) in [5.41, 5.74) is 0.442. The normalized spacial score (nSPS) is 12.2. The third kappa shape index (κ3) is 4.22. The monoisotopic (exact) mass is 288 g/mol. The molecule has 0 aliphatic carbocycles. The fourth-order valence-corrected chi connectivity index (χ4v) is 2.05. The Bertz CT molecular complexity index is 346. The van der Waals surface area contributed by atoms with Gasteiger partial charge in [0.05, 0.1) is 0 Å². The molecule has 1 aromatic rings. The molecule has 0 bridgehead atoms. The van der Waals surface area contributed by atoms with Gasteiger partial charge < -0.3 is 5.32 Å². The van der Waals surface area contributed by atoms with Crippen molar-refractivity contribution in [1.29, 1.82) is 0 Å². The van der Waals surface area contributed by atoms with Crippen molar-refractivity contribution < 1.29 is 4.79 Å². The van der Waals surface area contributed by atoms with E-state index in [9.17, 15) is 4.79 Å². The molecule has 5 heteroatoms. The average molecular weight is 289 g/mol. The van der Waals surface area contributed by atoms with Crippen molar-refractivity contribution in [2.75, 3.05) is 12.0 Å². The SMILES string of the molecule is CSCC(C)NC(=O)c1cccc(Br)n1. The molecule has 1 amide bonds. The van der Waals surface area contributed by atoms with Crippen molar-refractivity contribution in [1.82, 2.24) is 10.3 Å². The van der Waals surface area contributed by atoms with E-state index in [1.54, 1.807) is 30.0 Å². The van der Waals surface area contributed by atoms with Crippen LogP contribution in [-0.4, -0.2) is 28.9 Å². The van der Waals surface area contributed by atoms with Crippen LogP contribution >= 0.6 is 27.7 Å². The molecule has 0 saturated heterocycles. The van der Waals surface area contributed by atoms with E-state index in [0.29, 0.717) is 10.3 Å². The highest BCUT2D eigenvalue weighted by molar-refractivity contribution is 9.10. The summed E-state index contributed by atoms with van der Waals surface area (Å²) in [6.07, 6.45) is 2.01. The zero-order valence-corrected chi connectivity index (χ0v) is 11.1. The molecule has 1 heterocycles. The Labute approximate surface area is 102 Å². The van der Waals surface area contributed by atoms with Crippen LogP contribution in [0.2, 0.25) is 0 Å². The maximum atomic E-state index is 11.7. The summed E-state index contributed by atoms with van der Waals surface area (Å²) >= 11 is 4.94. The number of nitrogens with one attached hydrogen (secondary N) is 1. The first-order chi connectivity index (χ1) is 7.13. The van der Waals surface area contributed by atoms with Crippen molar-refractivity contribution in [2.45, 2.75) is 13.0 Å². The number of carbonyl (C=O) groups excluding carboxylic acids is 1.